The van der Waals surface area contributed by atoms with E-state index >= 15 is 0 Å². The van der Waals surface area contributed by atoms with Crippen LogP contribution in [-0.4, -0.2) is 22.0 Å². The molecule has 1 aromatic heterocycles. The molecule has 182 valence electrons. The number of fused-ring (bicyclic) bond motifs is 1. The van der Waals surface area contributed by atoms with Gasteiger partial charge in [0, 0.05) is 29.5 Å². The second-order valence-corrected chi connectivity index (χ2v) is 11.0. The predicted octanol–water partition coefficient (Wildman–Crippen LogP) is 7.29. The third-order valence-corrected chi connectivity index (χ3v) is 6.84. The molecule has 0 bridgehead atoms. The van der Waals surface area contributed by atoms with E-state index in [1.54, 1.807) is 0 Å². The number of hydrogen-bond donors (Lipinski definition) is 1. The van der Waals surface area contributed by atoms with Gasteiger partial charge in [0.15, 0.2) is 0 Å². The highest BCUT2D eigenvalue weighted by atomic mass is 79.9. The first kappa shape index (κ1) is 25.2. The van der Waals surface area contributed by atoms with E-state index in [-0.39, 0.29) is 11.3 Å². The number of benzene rings is 3. The molecule has 0 radical (unpaired) electrons. The van der Waals surface area contributed by atoms with Crippen LogP contribution in [0.1, 0.15) is 67.3 Å². The molecule has 0 unspecified atom stereocenters. The van der Waals surface area contributed by atoms with Gasteiger partial charge in [-0.05, 0) is 59.7 Å². The molecule has 0 spiro atoms. The molecule has 0 saturated carbocycles. The molecular weight excluding hydrogens is 498 g/mol. The minimum absolute atomic E-state index is 0.0226. The van der Waals surface area contributed by atoms with Crippen LogP contribution < -0.4 is 5.32 Å². The van der Waals surface area contributed by atoms with Crippen LogP contribution in [0.4, 0.5) is 0 Å². The smallest absolute Gasteiger partial charge is 0.251 e. The Kier molecular flexibility index (Phi) is 8.07. The molecule has 0 saturated heterocycles. The highest BCUT2D eigenvalue weighted by molar-refractivity contribution is 9.10. The number of rotatable bonds is 9. The zero-order valence-corrected chi connectivity index (χ0v) is 22.4. The molecule has 0 atom stereocenters. The van der Waals surface area contributed by atoms with E-state index in [1.807, 2.05) is 24.3 Å². The van der Waals surface area contributed by atoms with E-state index in [0.717, 1.165) is 48.0 Å². The topological polar surface area (TPSA) is 46.9 Å². The minimum Gasteiger partial charge on any atom is -0.352 e. The summed E-state index contributed by atoms with van der Waals surface area (Å²) < 4.78 is 3.27. The predicted molar refractivity (Wildman–Crippen MR) is 148 cm³/mol. The van der Waals surface area contributed by atoms with Gasteiger partial charge in [0.25, 0.3) is 5.91 Å². The van der Waals surface area contributed by atoms with Crippen LogP contribution in [0.15, 0.2) is 77.3 Å². The van der Waals surface area contributed by atoms with Crippen LogP contribution in [0.5, 0.6) is 0 Å². The number of imidazole rings is 1. The minimum atomic E-state index is -0.0226. The molecule has 5 heteroatoms. The molecule has 3 aromatic carbocycles. The van der Waals surface area contributed by atoms with Crippen molar-refractivity contribution in [1.82, 2.24) is 14.9 Å². The summed E-state index contributed by atoms with van der Waals surface area (Å²) in [6.07, 6.45) is 3.96. The van der Waals surface area contributed by atoms with Crippen LogP contribution in [0, 0.1) is 0 Å². The van der Waals surface area contributed by atoms with E-state index in [0.29, 0.717) is 12.1 Å². The summed E-state index contributed by atoms with van der Waals surface area (Å²) in [7, 11) is 0. The molecule has 0 aliphatic carbocycles. The van der Waals surface area contributed by atoms with Gasteiger partial charge in [0.05, 0.1) is 11.0 Å². The first-order valence-corrected chi connectivity index (χ1v) is 13.2. The van der Waals surface area contributed by atoms with Crippen molar-refractivity contribution >= 4 is 32.9 Å². The summed E-state index contributed by atoms with van der Waals surface area (Å²) in [5, 5.41) is 3.02. The van der Waals surface area contributed by atoms with Crippen LogP contribution >= 0.6 is 15.9 Å². The number of hydrogen-bond acceptors (Lipinski definition) is 2. The van der Waals surface area contributed by atoms with E-state index in [1.165, 1.54) is 16.6 Å². The summed E-state index contributed by atoms with van der Waals surface area (Å²) in [6.45, 7) is 8.24. The van der Waals surface area contributed by atoms with Crippen molar-refractivity contribution in [3.05, 3.63) is 99.8 Å². The van der Waals surface area contributed by atoms with Crippen LogP contribution in [0.3, 0.4) is 0 Å². The van der Waals surface area contributed by atoms with Crippen molar-refractivity contribution in [1.29, 1.82) is 0 Å². The number of unbranched alkanes of at least 4 members (excludes halogenated alkanes) is 2. The second-order valence-electron chi connectivity index (χ2n) is 10.1. The van der Waals surface area contributed by atoms with E-state index in [2.05, 4.69) is 95.1 Å². The summed E-state index contributed by atoms with van der Waals surface area (Å²) in [4.78, 5) is 17.2. The number of nitrogens with one attached hydrogen (secondary N) is 1. The Morgan fingerprint density at radius 3 is 2.46 bits per heavy atom. The van der Waals surface area contributed by atoms with Crippen LogP contribution in [0.25, 0.3) is 11.0 Å². The zero-order chi connectivity index (χ0) is 24.8. The van der Waals surface area contributed by atoms with Crippen molar-refractivity contribution in [3.8, 4) is 0 Å². The molecule has 1 N–H and O–H groups in total. The van der Waals surface area contributed by atoms with Crippen molar-refractivity contribution in [2.45, 2.75) is 58.4 Å². The average molecular weight is 533 g/mol. The largest absolute Gasteiger partial charge is 0.352 e. The van der Waals surface area contributed by atoms with Crippen LogP contribution in [-0.2, 0) is 18.4 Å². The van der Waals surface area contributed by atoms with E-state index in [4.69, 9.17) is 4.98 Å². The molecule has 1 heterocycles. The SMILES string of the molecule is CC(C)(C)c1ccc(Cn2c(CCCCCNC(=O)c3cccc(Br)c3)nc3ccccc32)cc1. The number of para-hydroxylation sites is 2. The maximum absolute atomic E-state index is 12.3. The third kappa shape index (κ3) is 6.61. The van der Waals surface area contributed by atoms with E-state index < -0.39 is 0 Å². The molecule has 35 heavy (non-hydrogen) atoms. The lowest BCUT2D eigenvalue weighted by Crippen LogP contribution is -2.24. The second kappa shape index (κ2) is 11.2. The standard InChI is InChI=1S/C30H34BrN3O/c1-30(2,3)24-17-15-22(16-18-24)21-34-27-13-7-6-12-26(27)33-28(34)14-5-4-8-19-32-29(35)23-10-9-11-25(31)20-23/h6-7,9-13,15-18,20H,4-5,8,14,19,21H2,1-3H3,(H,32,35). The highest BCUT2D eigenvalue weighted by Gasteiger charge is 2.14. The monoisotopic (exact) mass is 531 g/mol. The Morgan fingerprint density at radius 2 is 1.71 bits per heavy atom. The number of carbonyl (C=O) groups is 1. The van der Waals surface area contributed by atoms with Gasteiger partial charge >= 0.3 is 0 Å². The Hall–Kier alpha value is -2.92. The number of nitrogens with zero attached hydrogens (tertiary/aromatic N) is 2. The Balaban J connectivity index is 1.34. The van der Waals surface area contributed by atoms with Gasteiger partial charge in [-0.15, -0.1) is 0 Å². The molecule has 0 aliphatic heterocycles. The molecule has 4 rings (SSSR count). The molecule has 4 aromatic rings. The lowest BCUT2D eigenvalue weighted by molar-refractivity contribution is 0.0953. The summed E-state index contributed by atoms with van der Waals surface area (Å²) in [5.74, 6) is 1.11. The third-order valence-electron chi connectivity index (χ3n) is 6.34. The highest BCUT2D eigenvalue weighted by Crippen LogP contribution is 2.24. The lowest BCUT2D eigenvalue weighted by Gasteiger charge is -2.19. The summed E-state index contributed by atoms with van der Waals surface area (Å²) in [5.41, 5.74) is 5.71. The van der Waals surface area contributed by atoms with Crippen molar-refractivity contribution in [3.63, 3.8) is 0 Å². The molecule has 4 nitrogen and oxygen atoms in total. The maximum atomic E-state index is 12.3. The summed E-state index contributed by atoms with van der Waals surface area (Å²) >= 11 is 3.42. The van der Waals surface area contributed by atoms with Crippen molar-refractivity contribution < 1.29 is 4.79 Å². The number of aryl methyl sites for hydroxylation is 1. The fourth-order valence-electron chi connectivity index (χ4n) is 4.30. The number of carbonyl (C=O) groups excluding carboxylic acids is 1. The zero-order valence-electron chi connectivity index (χ0n) is 20.9. The van der Waals surface area contributed by atoms with Gasteiger partial charge in [0.1, 0.15) is 5.82 Å². The van der Waals surface area contributed by atoms with Gasteiger partial charge in [-0.3, -0.25) is 4.79 Å². The van der Waals surface area contributed by atoms with Gasteiger partial charge < -0.3 is 9.88 Å². The fourth-order valence-corrected chi connectivity index (χ4v) is 4.70. The van der Waals surface area contributed by atoms with Gasteiger partial charge in [-0.1, -0.05) is 85.6 Å². The Bertz CT molecular complexity index is 1290. The molecule has 0 aliphatic rings. The Morgan fingerprint density at radius 1 is 0.943 bits per heavy atom. The van der Waals surface area contributed by atoms with Crippen molar-refractivity contribution in [2.75, 3.05) is 6.54 Å². The quantitative estimate of drug-likeness (QED) is 0.230. The Labute approximate surface area is 216 Å². The number of amides is 1. The number of halogens is 1. The maximum Gasteiger partial charge on any atom is 0.251 e. The van der Waals surface area contributed by atoms with Crippen molar-refractivity contribution in [2.24, 2.45) is 0 Å². The first-order valence-electron chi connectivity index (χ1n) is 12.4. The lowest BCUT2D eigenvalue weighted by atomic mass is 9.87. The van der Waals surface area contributed by atoms with Gasteiger partial charge in [0.2, 0.25) is 0 Å². The molecule has 0 fully saturated rings. The average Bonchev–Trinajstić information content (AvgIpc) is 3.18. The normalized spacial score (nSPS) is 11.7. The fraction of sp³-hybridized carbons (Fsp3) is 0.333. The van der Waals surface area contributed by atoms with E-state index in [9.17, 15) is 4.79 Å². The molecular formula is C30H34BrN3O. The number of aromatic nitrogens is 2. The van der Waals surface area contributed by atoms with Gasteiger partial charge in [-0.2, -0.15) is 0 Å². The van der Waals surface area contributed by atoms with Crippen LogP contribution in [0.2, 0.25) is 0 Å². The molecule has 1 amide bonds. The first-order chi connectivity index (χ1) is 16.8. The van der Waals surface area contributed by atoms with Gasteiger partial charge in [-0.25, -0.2) is 4.98 Å². The summed E-state index contributed by atoms with van der Waals surface area (Å²) in [6, 6.07) is 24.8.